The van der Waals surface area contributed by atoms with Gasteiger partial charge in [0.1, 0.15) is 0 Å². The van der Waals surface area contributed by atoms with Crippen LogP contribution in [-0.2, 0) is 17.8 Å². The molecule has 0 saturated heterocycles. The van der Waals surface area contributed by atoms with E-state index in [-0.39, 0.29) is 24.2 Å². The summed E-state index contributed by atoms with van der Waals surface area (Å²) in [4.78, 5) is 28.4. The first-order valence-corrected chi connectivity index (χ1v) is 9.87. The molecule has 1 atom stereocenters. The number of aliphatic imine (C=N–C) groups is 1. The molecule has 0 aliphatic heterocycles. The van der Waals surface area contributed by atoms with E-state index in [0.29, 0.717) is 12.5 Å². The van der Waals surface area contributed by atoms with Crippen LogP contribution in [0.4, 0.5) is 5.69 Å². The normalized spacial score (nSPS) is 12.2. The summed E-state index contributed by atoms with van der Waals surface area (Å²) in [6, 6.07) is 14.6. The predicted molar refractivity (Wildman–Crippen MR) is 118 cm³/mol. The minimum Gasteiger partial charge on any atom is -0.350 e. The molecule has 0 spiro atoms. The van der Waals surface area contributed by atoms with Crippen molar-refractivity contribution >= 4 is 17.6 Å². The summed E-state index contributed by atoms with van der Waals surface area (Å²) in [5.74, 6) is 0.426. The number of rotatable bonds is 8. The number of guanidine groups is 1. The lowest BCUT2D eigenvalue weighted by Gasteiger charge is -2.20. The molecule has 0 fully saturated rings. The second-order valence-electron chi connectivity index (χ2n) is 7.19. The molecule has 1 unspecified atom stereocenters. The van der Waals surface area contributed by atoms with Crippen molar-refractivity contribution in [1.29, 1.82) is 0 Å². The van der Waals surface area contributed by atoms with E-state index in [1.54, 1.807) is 26.2 Å². The zero-order valence-electron chi connectivity index (χ0n) is 17.9. The molecule has 8 nitrogen and oxygen atoms in total. The van der Waals surface area contributed by atoms with Gasteiger partial charge < -0.3 is 15.5 Å². The van der Waals surface area contributed by atoms with E-state index in [4.69, 9.17) is 0 Å². The van der Waals surface area contributed by atoms with Gasteiger partial charge in [0.15, 0.2) is 5.96 Å². The number of hydrogen-bond donors (Lipinski definition) is 2. The SMILES string of the molecule is CCc1ccc(C(C)NC(=NCc2ccc([N+](=O)[O-])cc2)NCC(=O)N(C)C)cc1. The summed E-state index contributed by atoms with van der Waals surface area (Å²) in [6.45, 7) is 4.58. The standard InChI is InChI=1S/C22H29N5O3/c1-5-17-6-10-19(11-7-17)16(2)25-22(24-15-21(28)26(3)4)23-14-18-8-12-20(13-9-18)27(29)30/h6-13,16H,5,14-15H2,1-4H3,(H2,23,24,25). The van der Waals surface area contributed by atoms with Crippen LogP contribution in [0.15, 0.2) is 53.5 Å². The fourth-order valence-corrected chi connectivity index (χ4v) is 2.69. The molecule has 0 saturated carbocycles. The van der Waals surface area contributed by atoms with Crippen molar-refractivity contribution in [3.8, 4) is 0 Å². The van der Waals surface area contributed by atoms with Crippen LogP contribution in [0.5, 0.6) is 0 Å². The van der Waals surface area contributed by atoms with E-state index < -0.39 is 4.92 Å². The minimum atomic E-state index is -0.431. The smallest absolute Gasteiger partial charge is 0.269 e. The Kier molecular flexibility index (Phi) is 8.34. The van der Waals surface area contributed by atoms with Gasteiger partial charge >= 0.3 is 0 Å². The van der Waals surface area contributed by atoms with Crippen molar-refractivity contribution < 1.29 is 9.72 Å². The highest BCUT2D eigenvalue weighted by atomic mass is 16.6. The third kappa shape index (κ3) is 6.88. The van der Waals surface area contributed by atoms with Crippen LogP contribution >= 0.6 is 0 Å². The fourth-order valence-electron chi connectivity index (χ4n) is 2.69. The van der Waals surface area contributed by atoms with Gasteiger partial charge in [0, 0.05) is 26.2 Å². The lowest BCUT2D eigenvalue weighted by atomic mass is 10.1. The molecule has 0 aliphatic carbocycles. The van der Waals surface area contributed by atoms with E-state index in [9.17, 15) is 14.9 Å². The first-order chi connectivity index (χ1) is 14.3. The minimum absolute atomic E-state index is 0.0199. The van der Waals surface area contributed by atoms with Gasteiger partial charge in [-0.15, -0.1) is 0 Å². The van der Waals surface area contributed by atoms with Crippen LogP contribution in [0.3, 0.4) is 0 Å². The highest BCUT2D eigenvalue weighted by molar-refractivity contribution is 5.86. The van der Waals surface area contributed by atoms with Crippen molar-refractivity contribution in [3.05, 3.63) is 75.3 Å². The largest absolute Gasteiger partial charge is 0.350 e. The third-order valence-electron chi connectivity index (χ3n) is 4.71. The zero-order chi connectivity index (χ0) is 22.1. The summed E-state index contributed by atoms with van der Waals surface area (Å²) in [5, 5.41) is 17.2. The monoisotopic (exact) mass is 411 g/mol. The molecule has 0 bridgehead atoms. The number of nitrogens with one attached hydrogen (secondary N) is 2. The average molecular weight is 412 g/mol. The maximum absolute atomic E-state index is 12.0. The van der Waals surface area contributed by atoms with Crippen LogP contribution < -0.4 is 10.6 Å². The fraction of sp³-hybridized carbons (Fsp3) is 0.364. The van der Waals surface area contributed by atoms with Crippen LogP contribution in [0, 0.1) is 10.1 Å². The van der Waals surface area contributed by atoms with Gasteiger partial charge in [0.2, 0.25) is 5.91 Å². The molecule has 160 valence electrons. The third-order valence-corrected chi connectivity index (χ3v) is 4.71. The summed E-state index contributed by atoms with van der Waals surface area (Å²) in [5.41, 5.74) is 3.25. The maximum Gasteiger partial charge on any atom is 0.269 e. The Labute approximate surface area is 177 Å². The van der Waals surface area contributed by atoms with Crippen LogP contribution in [-0.4, -0.2) is 42.3 Å². The zero-order valence-corrected chi connectivity index (χ0v) is 17.9. The van der Waals surface area contributed by atoms with Crippen molar-refractivity contribution in [3.63, 3.8) is 0 Å². The molecule has 8 heteroatoms. The highest BCUT2D eigenvalue weighted by Crippen LogP contribution is 2.15. The van der Waals surface area contributed by atoms with Gasteiger partial charge in [-0.2, -0.15) is 0 Å². The Balaban J connectivity index is 2.12. The van der Waals surface area contributed by atoms with E-state index in [2.05, 4.69) is 46.8 Å². The number of hydrogen-bond acceptors (Lipinski definition) is 4. The van der Waals surface area contributed by atoms with E-state index >= 15 is 0 Å². The Morgan fingerprint density at radius 3 is 2.23 bits per heavy atom. The molecule has 1 amide bonds. The quantitative estimate of drug-likeness (QED) is 0.301. The van der Waals surface area contributed by atoms with Gasteiger partial charge in [-0.1, -0.05) is 43.3 Å². The number of nitrogens with zero attached hydrogens (tertiary/aromatic N) is 3. The molecule has 2 rings (SSSR count). The molecule has 2 N–H and O–H groups in total. The Bertz CT molecular complexity index is 877. The molecule has 0 heterocycles. The molecule has 0 aliphatic rings. The van der Waals surface area contributed by atoms with Crippen molar-refractivity contribution in [1.82, 2.24) is 15.5 Å². The Morgan fingerprint density at radius 1 is 1.10 bits per heavy atom. The molecular formula is C22H29N5O3. The second kappa shape index (κ2) is 10.9. The second-order valence-corrected chi connectivity index (χ2v) is 7.19. The Hall–Kier alpha value is -3.42. The van der Waals surface area contributed by atoms with Crippen molar-refractivity contribution in [2.75, 3.05) is 20.6 Å². The number of nitro groups is 1. The van der Waals surface area contributed by atoms with Gasteiger partial charge in [-0.05, 0) is 30.0 Å². The van der Waals surface area contributed by atoms with Gasteiger partial charge in [-0.3, -0.25) is 14.9 Å². The summed E-state index contributed by atoms with van der Waals surface area (Å²) < 4.78 is 0. The molecule has 2 aromatic rings. The van der Waals surface area contributed by atoms with Crippen molar-refractivity contribution in [2.24, 2.45) is 4.99 Å². The lowest BCUT2D eigenvalue weighted by Crippen LogP contribution is -2.43. The predicted octanol–water partition coefficient (Wildman–Crippen LogP) is 3.04. The average Bonchev–Trinajstić information content (AvgIpc) is 2.75. The molecule has 2 aromatic carbocycles. The van der Waals surface area contributed by atoms with Gasteiger partial charge in [0.25, 0.3) is 5.69 Å². The first-order valence-electron chi connectivity index (χ1n) is 9.87. The molecule has 0 aromatic heterocycles. The van der Waals surface area contributed by atoms with Gasteiger partial charge in [-0.25, -0.2) is 4.99 Å². The van der Waals surface area contributed by atoms with Crippen molar-refractivity contribution in [2.45, 2.75) is 32.9 Å². The van der Waals surface area contributed by atoms with E-state index in [1.165, 1.54) is 22.6 Å². The summed E-state index contributed by atoms with van der Waals surface area (Å²) >= 11 is 0. The lowest BCUT2D eigenvalue weighted by molar-refractivity contribution is -0.384. The summed E-state index contributed by atoms with van der Waals surface area (Å²) in [7, 11) is 3.39. The first kappa shape index (κ1) is 22.9. The number of benzene rings is 2. The highest BCUT2D eigenvalue weighted by Gasteiger charge is 2.11. The summed E-state index contributed by atoms with van der Waals surface area (Å²) in [6.07, 6.45) is 0.984. The van der Waals surface area contributed by atoms with Gasteiger partial charge in [0.05, 0.1) is 24.1 Å². The number of non-ortho nitro benzene ring substituents is 1. The van der Waals surface area contributed by atoms with Crippen LogP contribution in [0.25, 0.3) is 0 Å². The van der Waals surface area contributed by atoms with Crippen LogP contribution in [0.2, 0.25) is 0 Å². The van der Waals surface area contributed by atoms with E-state index in [1.807, 2.05) is 6.92 Å². The molecular weight excluding hydrogens is 382 g/mol. The number of likely N-dealkylation sites (N-methyl/N-ethyl adjacent to an activating group) is 1. The molecule has 0 radical (unpaired) electrons. The number of carbonyl (C=O) groups is 1. The maximum atomic E-state index is 12.0. The number of nitro benzene ring substituents is 1. The topological polar surface area (TPSA) is 99.9 Å². The van der Waals surface area contributed by atoms with Crippen LogP contribution in [0.1, 0.15) is 36.6 Å². The Morgan fingerprint density at radius 2 is 1.70 bits per heavy atom. The molecule has 30 heavy (non-hydrogen) atoms. The number of amides is 1. The number of carbonyl (C=O) groups excluding carboxylic acids is 1. The van der Waals surface area contributed by atoms with E-state index in [0.717, 1.165) is 17.5 Å². The number of aryl methyl sites for hydroxylation is 1.